The van der Waals surface area contributed by atoms with Gasteiger partial charge in [-0.15, -0.1) is 15.3 Å². The van der Waals surface area contributed by atoms with Crippen LogP contribution in [0.5, 0.6) is 0 Å². The first-order valence-corrected chi connectivity index (χ1v) is 9.48. The van der Waals surface area contributed by atoms with E-state index < -0.39 is 0 Å². The largest absolute Gasteiger partial charge is 0.391 e. The highest BCUT2D eigenvalue weighted by Crippen LogP contribution is 2.39. The van der Waals surface area contributed by atoms with Crippen molar-refractivity contribution in [3.05, 3.63) is 6.20 Å². The lowest BCUT2D eigenvalue weighted by atomic mass is 9.85. The lowest BCUT2D eigenvalue weighted by Gasteiger charge is -2.37. The topological polar surface area (TPSA) is 94.1 Å². The molecule has 3 fully saturated rings. The number of aliphatic hydroxyl groups excluding tert-OH is 1. The first-order chi connectivity index (χ1) is 12.7. The molecule has 1 N–H and O–H groups in total. The molecule has 0 radical (unpaired) electrons. The molecule has 1 spiro atoms. The van der Waals surface area contributed by atoms with Gasteiger partial charge >= 0.3 is 0 Å². The smallest absolute Gasteiger partial charge is 0.227 e. The second-order valence-corrected chi connectivity index (χ2v) is 8.05. The third-order valence-electron chi connectivity index (χ3n) is 6.16. The minimum absolute atomic E-state index is 0.00903. The molecule has 9 heteroatoms. The molecular weight excluding hydrogens is 334 g/mol. The van der Waals surface area contributed by atoms with E-state index in [0.29, 0.717) is 16.9 Å². The number of hydrogen-bond acceptors (Lipinski definition) is 7. The molecule has 2 aromatic rings. The first-order valence-electron chi connectivity index (χ1n) is 9.48. The molecule has 26 heavy (non-hydrogen) atoms. The summed E-state index contributed by atoms with van der Waals surface area (Å²) in [4.78, 5) is 2.29. The summed E-state index contributed by atoms with van der Waals surface area (Å²) in [6.07, 6.45) is 6.64. The Labute approximate surface area is 152 Å². The van der Waals surface area contributed by atoms with Crippen molar-refractivity contribution in [3.8, 4) is 11.5 Å². The number of nitrogens with zero attached hydrogens (tertiary/aromatic N) is 7. The minimum atomic E-state index is -0.348. The van der Waals surface area contributed by atoms with Crippen molar-refractivity contribution in [3.63, 3.8) is 0 Å². The van der Waals surface area contributed by atoms with E-state index in [1.807, 2.05) is 17.8 Å². The van der Waals surface area contributed by atoms with Crippen LogP contribution in [-0.4, -0.2) is 67.3 Å². The lowest BCUT2D eigenvalue weighted by molar-refractivity contribution is -0.0985. The summed E-state index contributed by atoms with van der Waals surface area (Å²) < 4.78 is 9.19. The van der Waals surface area contributed by atoms with E-state index in [1.165, 1.54) is 0 Å². The maximum absolute atomic E-state index is 10.2. The second-order valence-electron chi connectivity index (χ2n) is 8.05. The van der Waals surface area contributed by atoms with E-state index in [2.05, 4.69) is 25.4 Å². The van der Waals surface area contributed by atoms with Gasteiger partial charge in [0.1, 0.15) is 0 Å². The monoisotopic (exact) mass is 359 g/mol. The van der Waals surface area contributed by atoms with Gasteiger partial charge in [-0.2, -0.15) is 0 Å². The van der Waals surface area contributed by atoms with Crippen LogP contribution in [0.4, 0.5) is 5.95 Å². The van der Waals surface area contributed by atoms with Crippen LogP contribution in [0.3, 0.4) is 0 Å². The Kier molecular flexibility index (Phi) is 3.75. The quantitative estimate of drug-likeness (QED) is 0.865. The van der Waals surface area contributed by atoms with Crippen LogP contribution in [0.25, 0.3) is 11.5 Å². The summed E-state index contributed by atoms with van der Waals surface area (Å²) in [7, 11) is 1.97. The SMILES string of the molecule is Cn1c(-c2cn([C@@H]3CCCC[C@H]3O)nn2)nnc1N1CCC2(COC2)C1. The molecular formula is C17H25N7O2. The molecule has 3 aliphatic rings. The molecule has 5 rings (SSSR count). The minimum Gasteiger partial charge on any atom is -0.391 e. The van der Waals surface area contributed by atoms with Crippen LogP contribution in [0.15, 0.2) is 6.20 Å². The van der Waals surface area contributed by atoms with Crippen LogP contribution >= 0.6 is 0 Å². The van der Waals surface area contributed by atoms with E-state index in [9.17, 15) is 5.11 Å². The molecule has 140 valence electrons. The number of hydrogen-bond donors (Lipinski definition) is 1. The van der Waals surface area contributed by atoms with Gasteiger partial charge in [-0.05, 0) is 19.3 Å². The van der Waals surface area contributed by atoms with Crippen molar-refractivity contribution in [1.82, 2.24) is 29.8 Å². The molecule has 0 unspecified atom stereocenters. The molecule has 0 bridgehead atoms. The number of ether oxygens (including phenoxy) is 1. The maximum Gasteiger partial charge on any atom is 0.227 e. The summed E-state index contributed by atoms with van der Waals surface area (Å²) in [5.74, 6) is 1.58. The van der Waals surface area contributed by atoms with Crippen LogP contribution < -0.4 is 4.90 Å². The Morgan fingerprint density at radius 3 is 2.77 bits per heavy atom. The number of anilines is 1. The fourth-order valence-corrected chi connectivity index (χ4v) is 4.49. The van der Waals surface area contributed by atoms with Crippen molar-refractivity contribution in [2.45, 2.75) is 44.2 Å². The summed E-state index contributed by atoms with van der Waals surface area (Å²) in [6.45, 7) is 3.66. The van der Waals surface area contributed by atoms with Crippen molar-refractivity contribution < 1.29 is 9.84 Å². The van der Waals surface area contributed by atoms with Crippen LogP contribution in [0, 0.1) is 5.41 Å². The number of rotatable bonds is 3. The third kappa shape index (κ3) is 2.52. The Balaban J connectivity index is 1.37. The average molecular weight is 359 g/mol. The van der Waals surface area contributed by atoms with Gasteiger partial charge < -0.3 is 14.7 Å². The molecule has 2 aliphatic heterocycles. The molecule has 9 nitrogen and oxygen atoms in total. The fraction of sp³-hybridized carbons (Fsp3) is 0.765. The Morgan fingerprint density at radius 2 is 2.04 bits per heavy atom. The van der Waals surface area contributed by atoms with Crippen LogP contribution in [0.1, 0.15) is 38.1 Å². The van der Waals surface area contributed by atoms with Gasteiger partial charge in [-0.25, -0.2) is 4.68 Å². The number of aromatic nitrogens is 6. The van der Waals surface area contributed by atoms with E-state index in [-0.39, 0.29) is 12.1 Å². The Morgan fingerprint density at radius 1 is 1.19 bits per heavy atom. The molecule has 1 saturated carbocycles. The molecule has 0 aromatic carbocycles. The highest BCUT2D eigenvalue weighted by atomic mass is 16.5. The van der Waals surface area contributed by atoms with Gasteiger partial charge in [0.25, 0.3) is 0 Å². The Hall–Kier alpha value is -2.00. The summed E-state index contributed by atoms with van der Waals surface area (Å²) in [5, 5.41) is 27.6. The van der Waals surface area contributed by atoms with Crippen molar-refractivity contribution in [2.75, 3.05) is 31.2 Å². The van der Waals surface area contributed by atoms with E-state index in [0.717, 1.165) is 64.4 Å². The molecule has 4 heterocycles. The molecule has 2 aromatic heterocycles. The maximum atomic E-state index is 10.2. The van der Waals surface area contributed by atoms with Crippen LogP contribution in [-0.2, 0) is 11.8 Å². The second kappa shape index (κ2) is 6.02. The van der Waals surface area contributed by atoms with Gasteiger partial charge in [0, 0.05) is 25.6 Å². The highest BCUT2D eigenvalue weighted by Gasteiger charge is 2.45. The summed E-state index contributed by atoms with van der Waals surface area (Å²) in [6, 6.07) is 0.00903. The normalized spacial score (nSPS) is 27.8. The van der Waals surface area contributed by atoms with Crippen molar-refractivity contribution in [2.24, 2.45) is 12.5 Å². The van der Waals surface area contributed by atoms with Crippen molar-refractivity contribution >= 4 is 5.95 Å². The van der Waals surface area contributed by atoms with E-state index in [4.69, 9.17) is 4.74 Å². The third-order valence-corrected chi connectivity index (χ3v) is 6.16. The van der Waals surface area contributed by atoms with Gasteiger partial charge in [0.2, 0.25) is 5.95 Å². The van der Waals surface area contributed by atoms with Gasteiger partial charge in [0.15, 0.2) is 11.5 Å². The van der Waals surface area contributed by atoms with Gasteiger partial charge in [-0.1, -0.05) is 18.1 Å². The number of aliphatic hydroxyl groups is 1. The lowest BCUT2D eigenvalue weighted by Crippen LogP contribution is -2.44. The predicted octanol–water partition coefficient (Wildman–Crippen LogP) is 0.776. The molecule has 1 aliphatic carbocycles. The van der Waals surface area contributed by atoms with E-state index in [1.54, 1.807) is 4.68 Å². The average Bonchev–Trinajstić information content (AvgIpc) is 3.32. The predicted molar refractivity (Wildman–Crippen MR) is 93.6 cm³/mol. The Bertz CT molecular complexity index is 797. The van der Waals surface area contributed by atoms with E-state index >= 15 is 0 Å². The zero-order valence-electron chi connectivity index (χ0n) is 15.1. The first kappa shape index (κ1) is 16.2. The standard InChI is InChI=1S/C17H25N7O2/c1-22-15(12-8-24(21-18-12)13-4-2-3-5-14(13)25)19-20-16(22)23-7-6-17(9-23)10-26-11-17/h8,13-14,25H,2-7,9-11H2,1H3/t13-,14-/m1/s1. The zero-order chi connectivity index (χ0) is 17.7. The van der Waals surface area contributed by atoms with Crippen molar-refractivity contribution in [1.29, 1.82) is 0 Å². The van der Waals surface area contributed by atoms with Gasteiger partial charge in [-0.3, -0.25) is 4.57 Å². The molecule has 2 saturated heterocycles. The zero-order valence-corrected chi connectivity index (χ0v) is 15.1. The summed E-state index contributed by atoms with van der Waals surface area (Å²) in [5.41, 5.74) is 1.01. The fourth-order valence-electron chi connectivity index (χ4n) is 4.49. The molecule has 2 atom stereocenters. The van der Waals surface area contributed by atoms with Crippen LogP contribution in [0.2, 0.25) is 0 Å². The molecule has 0 amide bonds. The van der Waals surface area contributed by atoms with Gasteiger partial charge in [0.05, 0.1) is 31.6 Å². The summed E-state index contributed by atoms with van der Waals surface area (Å²) >= 11 is 0. The highest BCUT2D eigenvalue weighted by molar-refractivity contribution is 5.51.